The van der Waals surface area contributed by atoms with Crippen molar-refractivity contribution in [2.24, 2.45) is 0 Å². The predicted octanol–water partition coefficient (Wildman–Crippen LogP) is 4.15. The Labute approximate surface area is 206 Å². The summed E-state index contributed by atoms with van der Waals surface area (Å²) >= 11 is 0. The van der Waals surface area contributed by atoms with Crippen molar-refractivity contribution in [1.82, 2.24) is 19.5 Å². The van der Waals surface area contributed by atoms with Crippen molar-refractivity contribution < 1.29 is 18.6 Å². The molecule has 0 radical (unpaired) electrons. The van der Waals surface area contributed by atoms with Gasteiger partial charge in [-0.05, 0) is 29.8 Å². The number of hydrogen-bond acceptors (Lipinski definition) is 8. The molecule has 0 aliphatic carbocycles. The van der Waals surface area contributed by atoms with Crippen LogP contribution in [0.15, 0.2) is 49.1 Å². The van der Waals surface area contributed by atoms with Crippen molar-refractivity contribution in [1.29, 1.82) is 0 Å². The maximum atomic E-state index is 6.51. The zero-order valence-corrected chi connectivity index (χ0v) is 21.8. The van der Waals surface area contributed by atoms with E-state index in [9.17, 15) is 0 Å². The Morgan fingerprint density at radius 1 is 1.06 bits per heavy atom. The standard InChI is InChI=1S/C25H33N5O4Si/c1-25(2,3)35(4,5)31-13-17-20-21(34-18(33-20)12-11-16-9-7-6-8-10-16)24(32-17)30-15-29-19-22(26)27-14-28-23(19)30/h6-12,14-15,17-18,20-21,24H,13H2,1-5H3,(H2,26,27,28)/b12-11+/t17-,18+,20?,21+,24-/m1/s1. The van der Waals surface area contributed by atoms with Crippen LogP contribution in [-0.4, -0.2) is 59.0 Å². The highest BCUT2D eigenvalue weighted by molar-refractivity contribution is 6.74. The van der Waals surface area contributed by atoms with E-state index in [0.29, 0.717) is 23.6 Å². The summed E-state index contributed by atoms with van der Waals surface area (Å²) in [6.45, 7) is 11.6. The number of imidazole rings is 1. The van der Waals surface area contributed by atoms with Crippen molar-refractivity contribution in [3.8, 4) is 0 Å². The third-order valence-corrected chi connectivity index (χ3v) is 11.7. The van der Waals surface area contributed by atoms with Crippen molar-refractivity contribution in [3.63, 3.8) is 0 Å². The van der Waals surface area contributed by atoms with Crippen molar-refractivity contribution in [2.75, 3.05) is 12.3 Å². The molecule has 2 aromatic heterocycles. The number of nitrogens with zero attached hydrogens (tertiary/aromatic N) is 4. The first-order valence-electron chi connectivity index (χ1n) is 11.9. The summed E-state index contributed by atoms with van der Waals surface area (Å²) in [5.74, 6) is 0.327. The molecule has 0 saturated carbocycles. The number of fused-ring (bicyclic) bond motifs is 2. The maximum absolute atomic E-state index is 6.51. The fourth-order valence-corrected chi connectivity index (χ4v) is 5.14. The van der Waals surface area contributed by atoms with E-state index in [1.165, 1.54) is 6.33 Å². The second-order valence-electron chi connectivity index (χ2n) is 10.6. The maximum Gasteiger partial charge on any atom is 0.192 e. The van der Waals surface area contributed by atoms with Gasteiger partial charge in [0, 0.05) is 0 Å². The minimum Gasteiger partial charge on any atom is -0.414 e. The second-order valence-corrected chi connectivity index (χ2v) is 15.4. The molecule has 0 amide bonds. The number of hydrogen-bond donors (Lipinski definition) is 1. The molecule has 2 saturated heterocycles. The number of ether oxygens (including phenoxy) is 3. The van der Waals surface area contributed by atoms with Crippen LogP contribution in [0.4, 0.5) is 5.82 Å². The zero-order chi connectivity index (χ0) is 24.8. The normalized spacial score (nSPS) is 27.2. The first-order chi connectivity index (χ1) is 16.6. The minimum atomic E-state index is -1.98. The van der Waals surface area contributed by atoms with E-state index in [0.717, 1.165) is 5.56 Å². The van der Waals surface area contributed by atoms with Gasteiger partial charge in [-0.1, -0.05) is 57.2 Å². The van der Waals surface area contributed by atoms with Gasteiger partial charge < -0.3 is 24.4 Å². The molecule has 10 heteroatoms. The Kier molecular flexibility index (Phi) is 6.26. The van der Waals surface area contributed by atoms with E-state index < -0.39 is 20.8 Å². The van der Waals surface area contributed by atoms with Gasteiger partial charge >= 0.3 is 0 Å². The first kappa shape index (κ1) is 24.1. The van der Waals surface area contributed by atoms with Crippen LogP contribution >= 0.6 is 0 Å². The largest absolute Gasteiger partial charge is 0.414 e. The third kappa shape index (κ3) is 4.64. The van der Waals surface area contributed by atoms with Crippen LogP contribution in [0.2, 0.25) is 18.1 Å². The number of anilines is 1. The molecule has 186 valence electrons. The summed E-state index contributed by atoms with van der Waals surface area (Å²) in [6.07, 6.45) is 5.10. The zero-order valence-electron chi connectivity index (χ0n) is 20.8. The molecule has 0 spiro atoms. The van der Waals surface area contributed by atoms with Crippen molar-refractivity contribution in [2.45, 2.75) is 69.7 Å². The van der Waals surface area contributed by atoms with Gasteiger partial charge in [-0.15, -0.1) is 0 Å². The summed E-state index contributed by atoms with van der Waals surface area (Å²) in [4.78, 5) is 12.8. The van der Waals surface area contributed by atoms with Gasteiger partial charge in [0.1, 0.15) is 30.2 Å². The molecule has 9 nitrogen and oxygen atoms in total. The van der Waals surface area contributed by atoms with Gasteiger partial charge in [0.15, 0.2) is 32.3 Å². The SMILES string of the molecule is CC(C)(C)[Si](C)(C)OC[C@H]1O[C@@H](n2cnc3c(N)ncnc32)[C@H]2O[C@@H](/C=C/c3ccccc3)OC12. The Bertz CT molecular complexity index is 1210. The lowest BCUT2D eigenvalue weighted by Gasteiger charge is -2.37. The summed E-state index contributed by atoms with van der Waals surface area (Å²) in [6, 6.07) is 10.1. The van der Waals surface area contributed by atoms with Crippen LogP contribution in [0, 0.1) is 0 Å². The Morgan fingerprint density at radius 2 is 1.80 bits per heavy atom. The molecular formula is C25H33N5O4Si. The van der Waals surface area contributed by atoms with Gasteiger partial charge in [-0.25, -0.2) is 15.0 Å². The van der Waals surface area contributed by atoms with Crippen molar-refractivity contribution >= 4 is 31.4 Å². The number of nitrogen functional groups attached to an aromatic ring is 1. The van der Waals surface area contributed by atoms with E-state index in [4.69, 9.17) is 24.4 Å². The van der Waals surface area contributed by atoms with Crippen LogP contribution in [-0.2, 0) is 18.6 Å². The van der Waals surface area contributed by atoms with Gasteiger partial charge in [-0.3, -0.25) is 4.57 Å². The molecule has 5 rings (SSSR count). The molecule has 35 heavy (non-hydrogen) atoms. The predicted molar refractivity (Wildman–Crippen MR) is 136 cm³/mol. The third-order valence-electron chi connectivity index (χ3n) is 7.19. The molecule has 5 atom stereocenters. The highest BCUT2D eigenvalue weighted by Gasteiger charge is 2.54. The Hall–Kier alpha value is -2.63. The quantitative estimate of drug-likeness (QED) is 0.508. The molecule has 2 aliphatic rings. The van der Waals surface area contributed by atoms with Crippen LogP contribution in [0.3, 0.4) is 0 Å². The smallest absolute Gasteiger partial charge is 0.192 e. The van der Waals surface area contributed by atoms with Crippen LogP contribution < -0.4 is 5.73 Å². The molecule has 2 N–H and O–H groups in total. The lowest BCUT2D eigenvalue weighted by Crippen LogP contribution is -2.44. The molecule has 1 aromatic carbocycles. The average molecular weight is 496 g/mol. The summed E-state index contributed by atoms with van der Waals surface area (Å²) in [7, 11) is -1.98. The summed E-state index contributed by atoms with van der Waals surface area (Å²) in [5.41, 5.74) is 8.22. The van der Waals surface area contributed by atoms with Gasteiger partial charge in [-0.2, -0.15) is 0 Å². The Balaban J connectivity index is 1.41. The molecule has 3 aromatic rings. The molecule has 2 fully saturated rings. The minimum absolute atomic E-state index is 0.0907. The molecule has 4 heterocycles. The van der Waals surface area contributed by atoms with Crippen LogP contribution in [0.5, 0.6) is 0 Å². The summed E-state index contributed by atoms with van der Waals surface area (Å²) < 4.78 is 27.5. The Morgan fingerprint density at radius 3 is 2.54 bits per heavy atom. The fraction of sp³-hybridized carbons (Fsp3) is 0.480. The monoisotopic (exact) mass is 495 g/mol. The lowest BCUT2D eigenvalue weighted by atomic mass is 10.1. The highest BCUT2D eigenvalue weighted by Crippen LogP contribution is 2.42. The van der Waals surface area contributed by atoms with Crippen molar-refractivity contribution in [3.05, 3.63) is 54.6 Å². The molecule has 1 unspecified atom stereocenters. The fourth-order valence-electron chi connectivity index (χ4n) is 4.13. The molecule has 0 bridgehead atoms. The molecule has 2 aliphatic heterocycles. The number of rotatable bonds is 6. The highest BCUT2D eigenvalue weighted by atomic mass is 28.4. The van der Waals surface area contributed by atoms with E-state index in [1.807, 2.05) is 47.1 Å². The molecular weight excluding hydrogens is 462 g/mol. The first-order valence-corrected chi connectivity index (χ1v) is 14.8. The van der Waals surface area contributed by atoms with Crippen LogP contribution in [0.25, 0.3) is 17.2 Å². The van der Waals surface area contributed by atoms with E-state index >= 15 is 0 Å². The average Bonchev–Trinajstić information content (AvgIpc) is 3.50. The second kappa shape index (κ2) is 9.10. The summed E-state index contributed by atoms with van der Waals surface area (Å²) in [5, 5.41) is 0.0907. The number of nitrogens with two attached hydrogens (primary N) is 1. The van der Waals surface area contributed by atoms with Gasteiger partial charge in [0.2, 0.25) is 0 Å². The van der Waals surface area contributed by atoms with E-state index in [-0.39, 0.29) is 23.4 Å². The van der Waals surface area contributed by atoms with Crippen LogP contribution in [0.1, 0.15) is 32.6 Å². The van der Waals surface area contributed by atoms with E-state index in [1.54, 1.807) is 6.33 Å². The lowest BCUT2D eigenvalue weighted by molar-refractivity contribution is -0.132. The topological polar surface area (TPSA) is 107 Å². The number of aromatic nitrogens is 4. The van der Waals surface area contributed by atoms with Gasteiger partial charge in [0.05, 0.1) is 12.9 Å². The van der Waals surface area contributed by atoms with E-state index in [2.05, 4.69) is 48.8 Å². The number of benzene rings is 1. The van der Waals surface area contributed by atoms with Gasteiger partial charge in [0.25, 0.3) is 0 Å².